The molecular formula is C11H16ClNO. The molecular weight excluding hydrogens is 198 g/mol. The molecule has 1 rings (SSSR count). The number of rotatable bonds is 3. The summed E-state index contributed by atoms with van der Waals surface area (Å²) in [6.07, 6.45) is 0. The average molecular weight is 214 g/mol. The highest BCUT2D eigenvalue weighted by Crippen LogP contribution is 2.28. The maximum atomic E-state index is 9.04. The van der Waals surface area contributed by atoms with E-state index >= 15 is 0 Å². The number of nitrogens with zero attached hydrogens (tertiary/aromatic N) is 1. The predicted molar refractivity (Wildman–Crippen MR) is 61.3 cm³/mol. The second-order valence-corrected chi connectivity index (χ2v) is 4.10. The smallest absolute Gasteiger partial charge is 0.0639 e. The molecule has 3 heteroatoms. The highest BCUT2D eigenvalue weighted by molar-refractivity contribution is 6.33. The van der Waals surface area contributed by atoms with E-state index < -0.39 is 0 Å². The Bertz CT molecular complexity index is 312. The molecule has 0 heterocycles. The van der Waals surface area contributed by atoms with Crippen molar-refractivity contribution in [1.29, 1.82) is 0 Å². The van der Waals surface area contributed by atoms with Crippen LogP contribution in [0.2, 0.25) is 5.02 Å². The van der Waals surface area contributed by atoms with Gasteiger partial charge >= 0.3 is 0 Å². The van der Waals surface area contributed by atoms with Crippen molar-refractivity contribution in [2.24, 2.45) is 0 Å². The lowest BCUT2D eigenvalue weighted by Crippen LogP contribution is -2.10. The molecule has 0 aromatic heterocycles. The van der Waals surface area contributed by atoms with Crippen LogP contribution in [0.3, 0.4) is 0 Å². The Labute approximate surface area is 90.1 Å². The van der Waals surface area contributed by atoms with Crippen LogP contribution in [0, 0.1) is 0 Å². The molecule has 0 radical (unpaired) electrons. The Balaban J connectivity index is 3.06. The van der Waals surface area contributed by atoms with Crippen molar-refractivity contribution in [2.75, 3.05) is 25.6 Å². The summed E-state index contributed by atoms with van der Waals surface area (Å²) in [6.45, 7) is 2.15. The maximum absolute atomic E-state index is 9.04. The number of hydrogen-bond donors (Lipinski definition) is 1. The summed E-state index contributed by atoms with van der Waals surface area (Å²) in [4.78, 5) is 1.97. The van der Waals surface area contributed by atoms with Crippen LogP contribution in [0.4, 0.5) is 5.69 Å². The van der Waals surface area contributed by atoms with Gasteiger partial charge in [0.25, 0.3) is 0 Å². The van der Waals surface area contributed by atoms with Gasteiger partial charge in [-0.15, -0.1) is 0 Å². The number of aliphatic hydroxyl groups is 1. The molecule has 0 amide bonds. The molecule has 0 spiro atoms. The minimum atomic E-state index is 0.158. The summed E-state index contributed by atoms with van der Waals surface area (Å²) >= 11 is 6.03. The van der Waals surface area contributed by atoms with Gasteiger partial charge in [0.1, 0.15) is 0 Å². The molecule has 1 atom stereocenters. The van der Waals surface area contributed by atoms with Gasteiger partial charge in [-0.3, -0.25) is 0 Å². The van der Waals surface area contributed by atoms with Gasteiger partial charge in [0, 0.05) is 26.6 Å². The van der Waals surface area contributed by atoms with E-state index in [4.69, 9.17) is 16.7 Å². The highest BCUT2D eigenvalue weighted by atomic mass is 35.5. The topological polar surface area (TPSA) is 23.5 Å². The Morgan fingerprint density at radius 3 is 2.57 bits per heavy atom. The monoisotopic (exact) mass is 213 g/mol. The fraction of sp³-hybridized carbons (Fsp3) is 0.455. The standard InChI is InChI=1S/C11H16ClNO/c1-8(7-14)9-4-5-10(12)11(6-9)13(2)3/h4-6,8,14H,7H2,1-3H3. The summed E-state index contributed by atoms with van der Waals surface area (Å²) in [5.74, 6) is 0.158. The van der Waals surface area contributed by atoms with Crippen LogP contribution in [-0.2, 0) is 0 Å². The zero-order valence-corrected chi connectivity index (χ0v) is 9.54. The number of anilines is 1. The molecule has 78 valence electrons. The molecule has 2 nitrogen and oxygen atoms in total. The third-order valence-electron chi connectivity index (χ3n) is 2.29. The van der Waals surface area contributed by atoms with Gasteiger partial charge in [-0.2, -0.15) is 0 Å². The van der Waals surface area contributed by atoms with Crippen LogP contribution in [-0.4, -0.2) is 25.8 Å². The van der Waals surface area contributed by atoms with E-state index in [1.807, 2.05) is 44.1 Å². The lowest BCUT2D eigenvalue weighted by molar-refractivity contribution is 0.273. The fourth-order valence-corrected chi connectivity index (χ4v) is 1.57. The first kappa shape index (κ1) is 11.3. The molecule has 0 saturated heterocycles. The molecule has 0 aliphatic carbocycles. The third-order valence-corrected chi connectivity index (χ3v) is 2.61. The van der Waals surface area contributed by atoms with Crippen LogP contribution in [0.25, 0.3) is 0 Å². The number of benzene rings is 1. The number of hydrogen-bond acceptors (Lipinski definition) is 2. The second kappa shape index (κ2) is 4.67. The first-order chi connectivity index (χ1) is 6.56. The van der Waals surface area contributed by atoms with Crippen molar-refractivity contribution in [3.63, 3.8) is 0 Å². The molecule has 14 heavy (non-hydrogen) atoms. The van der Waals surface area contributed by atoms with Crippen LogP contribution in [0.1, 0.15) is 18.4 Å². The Hall–Kier alpha value is -0.730. The van der Waals surface area contributed by atoms with Gasteiger partial charge in [0.15, 0.2) is 0 Å². The van der Waals surface area contributed by atoms with E-state index in [1.165, 1.54) is 0 Å². The van der Waals surface area contributed by atoms with Crippen LogP contribution < -0.4 is 4.90 Å². The van der Waals surface area contributed by atoms with Crippen LogP contribution >= 0.6 is 11.6 Å². The van der Waals surface area contributed by atoms with E-state index in [0.717, 1.165) is 16.3 Å². The molecule has 1 unspecified atom stereocenters. The molecule has 1 aromatic carbocycles. The van der Waals surface area contributed by atoms with Gasteiger partial charge < -0.3 is 10.0 Å². The molecule has 0 fully saturated rings. The largest absolute Gasteiger partial charge is 0.396 e. The third kappa shape index (κ3) is 2.40. The van der Waals surface area contributed by atoms with E-state index in [1.54, 1.807) is 0 Å². The lowest BCUT2D eigenvalue weighted by Gasteiger charge is -2.17. The zero-order chi connectivity index (χ0) is 10.7. The normalized spacial score (nSPS) is 12.6. The Morgan fingerprint density at radius 1 is 1.43 bits per heavy atom. The average Bonchev–Trinajstić information content (AvgIpc) is 2.17. The molecule has 1 N–H and O–H groups in total. The van der Waals surface area contributed by atoms with Crippen molar-refractivity contribution in [3.05, 3.63) is 28.8 Å². The Kier molecular flexibility index (Phi) is 3.78. The molecule has 0 saturated carbocycles. The maximum Gasteiger partial charge on any atom is 0.0639 e. The fourth-order valence-electron chi connectivity index (χ4n) is 1.28. The van der Waals surface area contributed by atoms with Crippen molar-refractivity contribution < 1.29 is 5.11 Å². The second-order valence-electron chi connectivity index (χ2n) is 3.69. The van der Waals surface area contributed by atoms with Gasteiger partial charge in [-0.1, -0.05) is 24.6 Å². The summed E-state index contributed by atoms with van der Waals surface area (Å²) in [7, 11) is 3.91. The summed E-state index contributed by atoms with van der Waals surface area (Å²) in [5, 5.41) is 9.78. The summed E-state index contributed by atoms with van der Waals surface area (Å²) in [6, 6.07) is 5.85. The minimum absolute atomic E-state index is 0.158. The molecule has 0 bridgehead atoms. The van der Waals surface area contributed by atoms with Crippen molar-refractivity contribution in [3.8, 4) is 0 Å². The highest BCUT2D eigenvalue weighted by Gasteiger charge is 2.08. The van der Waals surface area contributed by atoms with E-state index in [-0.39, 0.29) is 12.5 Å². The van der Waals surface area contributed by atoms with Gasteiger partial charge in [0.2, 0.25) is 0 Å². The molecule has 0 aliphatic heterocycles. The van der Waals surface area contributed by atoms with Crippen LogP contribution in [0.15, 0.2) is 18.2 Å². The van der Waals surface area contributed by atoms with Gasteiger partial charge in [0.05, 0.1) is 10.7 Å². The SMILES string of the molecule is CC(CO)c1ccc(Cl)c(N(C)C)c1. The van der Waals surface area contributed by atoms with Gasteiger partial charge in [-0.25, -0.2) is 0 Å². The van der Waals surface area contributed by atoms with E-state index in [9.17, 15) is 0 Å². The first-order valence-corrected chi connectivity index (χ1v) is 5.01. The first-order valence-electron chi connectivity index (χ1n) is 4.64. The molecule has 0 aliphatic rings. The van der Waals surface area contributed by atoms with Gasteiger partial charge in [-0.05, 0) is 17.7 Å². The molecule has 1 aromatic rings. The zero-order valence-electron chi connectivity index (χ0n) is 8.79. The Morgan fingerprint density at radius 2 is 2.07 bits per heavy atom. The minimum Gasteiger partial charge on any atom is -0.396 e. The predicted octanol–water partition coefficient (Wildman–Crippen LogP) is 2.50. The number of aliphatic hydroxyl groups excluding tert-OH is 1. The van der Waals surface area contributed by atoms with Crippen molar-refractivity contribution >= 4 is 17.3 Å². The number of halogens is 1. The van der Waals surface area contributed by atoms with E-state index in [2.05, 4.69) is 0 Å². The van der Waals surface area contributed by atoms with Crippen molar-refractivity contribution in [1.82, 2.24) is 0 Å². The summed E-state index contributed by atoms with van der Waals surface area (Å²) in [5.41, 5.74) is 2.10. The van der Waals surface area contributed by atoms with E-state index in [0.29, 0.717) is 0 Å². The van der Waals surface area contributed by atoms with Crippen molar-refractivity contribution in [2.45, 2.75) is 12.8 Å². The summed E-state index contributed by atoms with van der Waals surface area (Å²) < 4.78 is 0. The van der Waals surface area contributed by atoms with Crippen LogP contribution in [0.5, 0.6) is 0 Å². The quantitative estimate of drug-likeness (QED) is 0.834. The lowest BCUT2D eigenvalue weighted by atomic mass is 10.0.